The molecule has 0 amide bonds. The average molecular weight is 267 g/mol. The zero-order valence-electron chi connectivity index (χ0n) is 11.2. The minimum atomic E-state index is -3.12. The Hall–Kier alpha value is -1.03. The van der Waals surface area contributed by atoms with Gasteiger partial charge in [-0.25, -0.2) is 8.42 Å². The number of benzene rings is 1. The first-order valence-corrected chi connectivity index (χ1v) is 8.22. The smallest absolute Gasteiger partial charge is 0.175 e. The second-order valence-corrected chi connectivity index (χ2v) is 8.06. The second kappa shape index (κ2) is 4.57. The van der Waals surface area contributed by atoms with Gasteiger partial charge in [-0.1, -0.05) is 19.9 Å². The lowest BCUT2D eigenvalue weighted by Gasteiger charge is -2.18. The van der Waals surface area contributed by atoms with Crippen molar-refractivity contribution in [3.63, 3.8) is 0 Å². The first-order valence-electron chi connectivity index (χ1n) is 6.33. The zero-order chi connectivity index (χ0) is 13.4. The summed E-state index contributed by atoms with van der Waals surface area (Å²) in [4.78, 5) is 0.379. The third-order valence-electron chi connectivity index (χ3n) is 3.60. The molecule has 0 heterocycles. The monoisotopic (exact) mass is 267 g/mol. The normalized spacial score (nSPS) is 22.9. The summed E-state index contributed by atoms with van der Waals surface area (Å²) in [7, 11) is -3.12. The molecule has 3 nitrogen and oxygen atoms in total. The van der Waals surface area contributed by atoms with Gasteiger partial charge in [0.1, 0.15) is 0 Å². The minimum absolute atomic E-state index is 0.379. The quantitative estimate of drug-likeness (QED) is 0.915. The standard InChI is InChI=1S/C14H21NO2S/c1-14(2)8-7-12(10-14)15-11-5-4-6-13(9-11)18(3,16)17/h4-6,9,12,15H,7-8,10H2,1-3H3. The third kappa shape index (κ3) is 3.25. The molecule has 4 heteroatoms. The molecule has 1 atom stereocenters. The van der Waals surface area contributed by atoms with E-state index < -0.39 is 9.84 Å². The molecule has 1 aliphatic carbocycles. The van der Waals surface area contributed by atoms with E-state index in [1.165, 1.54) is 12.7 Å². The molecule has 1 aliphatic rings. The van der Waals surface area contributed by atoms with Crippen molar-refractivity contribution in [3.05, 3.63) is 24.3 Å². The molecule has 0 aromatic heterocycles. The predicted octanol–water partition coefficient (Wildman–Crippen LogP) is 3.08. The van der Waals surface area contributed by atoms with E-state index in [1.54, 1.807) is 18.2 Å². The van der Waals surface area contributed by atoms with Gasteiger partial charge in [-0.05, 0) is 42.9 Å². The summed E-state index contributed by atoms with van der Waals surface area (Å²) < 4.78 is 23.0. The Balaban J connectivity index is 2.11. The number of anilines is 1. The Morgan fingerprint density at radius 1 is 1.33 bits per heavy atom. The van der Waals surface area contributed by atoms with E-state index in [1.807, 2.05) is 6.07 Å². The van der Waals surface area contributed by atoms with Crippen molar-refractivity contribution in [2.45, 2.75) is 44.0 Å². The first-order chi connectivity index (χ1) is 8.26. The van der Waals surface area contributed by atoms with Gasteiger partial charge in [0.05, 0.1) is 4.90 Å². The maximum atomic E-state index is 11.5. The van der Waals surface area contributed by atoms with Gasteiger partial charge in [-0.15, -0.1) is 0 Å². The molecule has 2 rings (SSSR count). The number of sulfone groups is 1. The molecule has 1 unspecified atom stereocenters. The van der Waals surface area contributed by atoms with Crippen LogP contribution in [0.25, 0.3) is 0 Å². The van der Waals surface area contributed by atoms with E-state index in [0.29, 0.717) is 16.4 Å². The van der Waals surface area contributed by atoms with E-state index in [2.05, 4.69) is 19.2 Å². The average Bonchev–Trinajstić information content (AvgIpc) is 2.57. The highest BCUT2D eigenvalue weighted by Crippen LogP contribution is 2.38. The molecule has 1 N–H and O–H groups in total. The Labute approximate surface area is 110 Å². The third-order valence-corrected chi connectivity index (χ3v) is 4.71. The van der Waals surface area contributed by atoms with Crippen LogP contribution in [0.4, 0.5) is 5.69 Å². The van der Waals surface area contributed by atoms with Crippen molar-refractivity contribution < 1.29 is 8.42 Å². The molecular formula is C14H21NO2S. The van der Waals surface area contributed by atoms with Gasteiger partial charge in [-0.3, -0.25) is 0 Å². The van der Waals surface area contributed by atoms with Crippen molar-refractivity contribution in [3.8, 4) is 0 Å². The molecule has 1 fully saturated rings. The molecule has 0 bridgehead atoms. The maximum absolute atomic E-state index is 11.5. The van der Waals surface area contributed by atoms with Crippen LogP contribution < -0.4 is 5.32 Å². The Kier molecular flexibility index (Phi) is 3.41. The summed E-state index contributed by atoms with van der Waals surface area (Å²) in [5.74, 6) is 0. The summed E-state index contributed by atoms with van der Waals surface area (Å²) in [5.41, 5.74) is 1.30. The summed E-state index contributed by atoms with van der Waals surface area (Å²) in [5, 5.41) is 3.44. The topological polar surface area (TPSA) is 46.2 Å². The molecule has 1 aromatic carbocycles. The van der Waals surface area contributed by atoms with Gasteiger partial charge in [0.2, 0.25) is 0 Å². The van der Waals surface area contributed by atoms with Crippen molar-refractivity contribution in [2.75, 3.05) is 11.6 Å². The van der Waals surface area contributed by atoms with Gasteiger partial charge in [0.15, 0.2) is 9.84 Å². The highest BCUT2D eigenvalue weighted by Gasteiger charge is 2.30. The van der Waals surface area contributed by atoms with Crippen molar-refractivity contribution in [2.24, 2.45) is 5.41 Å². The number of hydrogen-bond donors (Lipinski definition) is 1. The fraction of sp³-hybridized carbons (Fsp3) is 0.571. The van der Waals surface area contributed by atoms with Crippen molar-refractivity contribution in [1.82, 2.24) is 0 Å². The summed E-state index contributed by atoms with van der Waals surface area (Å²) in [6, 6.07) is 7.54. The van der Waals surface area contributed by atoms with Gasteiger partial charge >= 0.3 is 0 Å². The highest BCUT2D eigenvalue weighted by molar-refractivity contribution is 7.90. The molecule has 18 heavy (non-hydrogen) atoms. The SMILES string of the molecule is CC1(C)CCC(Nc2cccc(S(C)(=O)=O)c2)C1. The lowest BCUT2D eigenvalue weighted by atomic mass is 9.92. The number of nitrogens with one attached hydrogen (secondary N) is 1. The molecule has 0 aliphatic heterocycles. The highest BCUT2D eigenvalue weighted by atomic mass is 32.2. The van der Waals surface area contributed by atoms with Crippen molar-refractivity contribution in [1.29, 1.82) is 0 Å². The first kappa shape index (κ1) is 13.4. The van der Waals surface area contributed by atoms with E-state index in [9.17, 15) is 8.42 Å². The molecule has 100 valence electrons. The Morgan fingerprint density at radius 3 is 2.61 bits per heavy atom. The van der Waals surface area contributed by atoms with E-state index in [-0.39, 0.29) is 0 Å². The molecule has 1 aromatic rings. The van der Waals surface area contributed by atoms with Gasteiger partial charge in [0.25, 0.3) is 0 Å². The molecule has 1 saturated carbocycles. The van der Waals surface area contributed by atoms with E-state index >= 15 is 0 Å². The van der Waals surface area contributed by atoms with Crippen LogP contribution in [0.3, 0.4) is 0 Å². The van der Waals surface area contributed by atoms with E-state index in [0.717, 1.165) is 18.5 Å². The summed E-state index contributed by atoms with van der Waals surface area (Å²) in [6.45, 7) is 4.56. The fourth-order valence-electron chi connectivity index (χ4n) is 2.61. The van der Waals surface area contributed by atoms with Crippen LogP contribution in [0.5, 0.6) is 0 Å². The Bertz CT molecular complexity index is 534. The van der Waals surface area contributed by atoms with Crippen LogP contribution in [0.1, 0.15) is 33.1 Å². The summed E-state index contributed by atoms with van der Waals surface area (Å²) >= 11 is 0. The predicted molar refractivity (Wildman–Crippen MR) is 74.6 cm³/mol. The minimum Gasteiger partial charge on any atom is -0.382 e. The molecule has 0 saturated heterocycles. The van der Waals surface area contributed by atoms with Crippen LogP contribution >= 0.6 is 0 Å². The molecule has 0 spiro atoms. The number of hydrogen-bond acceptors (Lipinski definition) is 3. The van der Waals surface area contributed by atoms with Gasteiger partial charge in [0, 0.05) is 18.0 Å². The van der Waals surface area contributed by atoms with Crippen LogP contribution in [0.15, 0.2) is 29.2 Å². The number of rotatable bonds is 3. The second-order valence-electron chi connectivity index (χ2n) is 6.05. The van der Waals surface area contributed by atoms with Crippen LogP contribution in [0, 0.1) is 5.41 Å². The zero-order valence-corrected chi connectivity index (χ0v) is 12.0. The fourth-order valence-corrected chi connectivity index (χ4v) is 3.28. The lowest BCUT2D eigenvalue weighted by Crippen LogP contribution is -2.17. The Morgan fingerprint density at radius 2 is 2.06 bits per heavy atom. The molecule has 0 radical (unpaired) electrons. The van der Waals surface area contributed by atoms with Crippen LogP contribution in [0.2, 0.25) is 0 Å². The van der Waals surface area contributed by atoms with Gasteiger partial charge < -0.3 is 5.32 Å². The largest absolute Gasteiger partial charge is 0.382 e. The maximum Gasteiger partial charge on any atom is 0.175 e. The van der Waals surface area contributed by atoms with Crippen LogP contribution in [-0.2, 0) is 9.84 Å². The van der Waals surface area contributed by atoms with Crippen molar-refractivity contribution >= 4 is 15.5 Å². The van der Waals surface area contributed by atoms with Crippen LogP contribution in [-0.4, -0.2) is 20.7 Å². The summed E-state index contributed by atoms with van der Waals surface area (Å²) in [6.07, 6.45) is 4.74. The molecular weight excluding hydrogens is 246 g/mol. The lowest BCUT2D eigenvalue weighted by molar-refractivity contribution is 0.378. The van der Waals surface area contributed by atoms with Gasteiger partial charge in [-0.2, -0.15) is 0 Å². The van der Waals surface area contributed by atoms with E-state index in [4.69, 9.17) is 0 Å².